The molecular weight excluding hydrogens is 297 g/mol. The molecular formula is C14H17F3N4O. The van der Waals surface area contributed by atoms with Crippen LogP contribution in [0.4, 0.5) is 13.2 Å². The van der Waals surface area contributed by atoms with E-state index in [9.17, 15) is 13.2 Å². The third-order valence-electron chi connectivity index (χ3n) is 3.91. The van der Waals surface area contributed by atoms with Gasteiger partial charge in [0.1, 0.15) is 5.69 Å². The Morgan fingerprint density at radius 2 is 2.23 bits per heavy atom. The lowest BCUT2D eigenvalue weighted by atomic mass is 9.97. The molecule has 0 N–H and O–H groups in total. The van der Waals surface area contributed by atoms with Crippen LogP contribution in [0, 0.1) is 5.92 Å². The molecule has 1 unspecified atom stereocenters. The van der Waals surface area contributed by atoms with Crippen LogP contribution in [-0.4, -0.2) is 39.1 Å². The Kier molecular flexibility index (Phi) is 3.94. The Morgan fingerprint density at radius 3 is 2.91 bits per heavy atom. The van der Waals surface area contributed by atoms with Crippen molar-refractivity contribution in [3.63, 3.8) is 0 Å². The molecule has 0 spiro atoms. The highest BCUT2D eigenvalue weighted by molar-refractivity contribution is 5.56. The fourth-order valence-electron chi connectivity index (χ4n) is 2.76. The van der Waals surface area contributed by atoms with Gasteiger partial charge in [-0.25, -0.2) is 0 Å². The first-order valence-electron chi connectivity index (χ1n) is 7.15. The maximum atomic E-state index is 12.8. The highest BCUT2D eigenvalue weighted by Gasteiger charge is 2.41. The molecule has 22 heavy (non-hydrogen) atoms. The Balaban J connectivity index is 1.65. The number of hydrogen-bond donors (Lipinski definition) is 0. The zero-order valence-electron chi connectivity index (χ0n) is 12.2. The van der Waals surface area contributed by atoms with Gasteiger partial charge in [0.15, 0.2) is 5.76 Å². The number of likely N-dealkylation sites (tertiary alicyclic amines) is 1. The number of halogens is 3. The van der Waals surface area contributed by atoms with Crippen molar-refractivity contribution in [2.75, 3.05) is 13.1 Å². The van der Waals surface area contributed by atoms with E-state index < -0.39 is 12.1 Å². The molecule has 0 aliphatic carbocycles. The van der Waals surface area contributed by atoms with Crippen molar-refractivity contribution in [1.82, 2.24) is 19.8 Å². The molecule has 0 bridgehead atoms. The smallest absolute Gasteiger partial charge is 0.359 e. The second-order valence-corrected chi connectivity index (χ2v) is 5.70. The Morgan fingerprint density at radius 1 is 1.41 bits per heavy atom. The fraction of sp³-hybridized carbons (Fsp3) is 0.571. The van der Waals surface area contributed by atoms with Gasteiger partial charge in [0.2, 0.25) is 0 Å². The molecule has 1 fully saturated rings. The molecule has 1 saturated heterocycles. The van der Waals surface area contributed by atoms with Gasteiger partial charge in [0.25, 0.3) is 0 Å². The molecule has 5 nitrogen and oxygen atoms in total. The first-order chi connectivity index (χ1) is 10.4. The topological polar surface area (TPSA) is 47.1 Å². The van der Waals surface area contributed by atoms with Crippen LogP contribution in [0.25, 0.3) is 11.3 Å². The number of rotatable bonds is 3. The molecule has 2 aromatic rings. The lowest BCUT2D eigenvalue weighted by Gasteiger charge is -2.32. The minimum Gasteiger partial charge on any atom is -0.359 e. The van der Waals surface area contributed by atoms with E-state index in [-0.39, 0.29) is 13.0 Å². The number of aromatic nitrogens is 3. The average Bonchev–Trinajstić information content (AvgIpc) is 3.07. The Hall–Kier alpha value is -1.83. The average molecular weight is 314 g/mol. The predicted octanol–water partition coefficient (Wildman–Crippen LogP) is 2.85. The van der Waals surface area contributed by atoms with E-state index in [2.05, 4.69) is 10.3 Å². The summed E-state index contributed by atoms with van der Waals surface area (Å²) in [5.41, 5.74) is 1.47. The normalized spacial score (nSPS) is 20.5. The summed E-state index contributed by atoms with van der Waals surface area (Å²) in [6.45, 7) is 1.02. The maximum Gasteiger partial charge on any atom is 0.393 e. The summed E-state index contributed by atoms with van der Waals surface area (Å²) < 4.78 is 45.3. The number of alkyl halides is 3. The second kappa shape index (κ2) is 5.75. The molecule has 3 rings (SSSR count). The van der Waals surface area contributed by atoms with Crippen molar-refractivity contribution in [2.45, 2.75) is 25.6 Å². The Labute approximate surface area is 125 Å². The van der Waals surface area contributed by atoms with Crippen molar-refractivity contribution >= 4 is 0 Å². The van der Waals surface area contributed by atoms with Crippen molar-refractivity contribution in [1.29, 1.82) is 0 Å². The molecule has 0 radical (unpaired) electrons. The van der Waals surface area contributed by atoms with Gasteiger partial charge in [-0.05, 0) is 19.4 Å². The van der Waals surface area contributed by atoms with Gasteiger partial charge in [-0.15, -0.1) is 0 Å². The minimum absolute atomic E-state index is 0.0203. The summed E-state index contributed by atoms with van der Waals surface area (Å²) in [6, 6.07) is 1.76. The summed E-state index contributed by atoms with van der Waals surface area (Å²) in [5, 5.41) is 8.01. The van der Waals surface area contributed by atoms with Crippen molar-refractivity contribution in [3.8, 4) is 11.3 Å². The van der Waals surface area contributed by atoms with Crippen LogP contribution < -0.4 is 0 Å². The van der Waals surface area contributed by atoms with Crippen LogP contribution in [0.3, 0.4) is 0 Å². The first kappa shape index (κ1) is 15.1. The number of aryl methyl sites for hydroxylation is 1. The summed E-state index contributed by atoms with van der Waals surface area (Å²) >= 11 is 0. The molecule has 8 heteroatoms. The highest BCUT2D eigenvalue weighted by atomic mass is 19.4. The zero-order valence-corrected chi connectivity index (χ0v) is 12.2. The first-order valence-corrected chi connectivity index (χ1v) is 7.15. The standard InChI is InChI=1S/C14H17F3N4O/c1-20-7-10(6-18-20)13-5-12(22-19-13)9-21-4-2-3-11(8-21)14(15,16)17/h5-7,11H,2-4,8-9H2,1H3. The van der Waals surface area contributed by atoms with Gasteiger partial charge < -0.3 is 4.52 Å². The quantitative estimate of drug-likeness (QED) is 0.874. The van der Waals surface area contributed by atoms with Gasteiger partial charge >= 0.3 is 6.18 Å². The zero-order chi connectivity index (χ0) is 15.7. The van der Waals surface area contributed by atoms with E-state index >= 15 is 0 Å². The largest absolute Gasteiger partial charge is 0.393 e. The molecule has 1 atom stereocenters. The van der Waals surface area contributed by atoms with Crippen molar-refractivity contribution in [2.24, 2.45) is 13.0 Å². The van der Waals surface area contributed by atoms with Crippen LogP contribution in [0.5, 0.6) is 0 Å². The van der Waals surface area contributed by atoms with Gasteiger partial charge in [0.05, 0.1) is 18.7 Å². The van der Waals surface area contributed by atoms with Crippen molar-refractivity contribution in [3.05, 3.63) is 24.2 Å². The van der Waals surface area contributed by atoms with Gasteiger partial charge in [-0.3, -0.25) is 9.58 Å². The van der Waals surface area contributed by atoms with E-state index in [1.807, 2.05) is 6.20 Å². The molecule has 0 amide bonds. The van der Waals surface area contributed by atoms with Gasteiger partial charge in [-0.1, -0.05) is 5.16 Å². The molecule has 0 saturated carbocycles. The molecule has 2 aromatic heterocycles. The predicted molar refractivity (Wildman–Crippen MR) is 72.8 cm³/mol. The molecule has 3 heterocycles. The van der Waals surface area contributed by atoms with E-state index in [0.29, 0.717) is 31.0 Å². The van der Waals surface area contributed by atoms with Crippen LogP contribution in [0.15, 0.2) is 23.0 Å². The molecule has 1 aliphatic heterocycles. The third kappa shape index (κ3) is 3.32. The van der Waals surface area contributed by atoms with Crippen LogP contribution in [0.1, 0.15) is 18.6 Å². The summed E-state index contributed by atoms with van der Waals surface area (Å²) in [7, 11) is 1.80. The minimum atomic E-state index is -4.12. The fourth-order valence-corrected chi connectivity index (χ4v) is 2.76. The monoisotopic (exact) mass is 314 g/mol. The molecule has 1 aliphatic rings. The lowest BCUT2D eigenvalue weighted by molar-refractivity contribution is -0.187. The summed E-state index contributed by atoms with van der Waals surface area (Å²) in [4.78, 5) is 1.77. The van der Waals surface area contributed by atoms with E-state index in [1.165, 1.54) is 0 Å². The second-order valence-electron chi connectivity index (χ2n) is 5.70. The maximum absolute atomic E-state index is 12.8. The van der Waals surface area contributed by atoms with Crippen LogP contribution >= 0.6 is 0 Å². The molecule has 0 aromatic carbocycles. The van der Waals surface area contributed by atoms with Gasteiger partial charge in [-0.2, -0.15) is 18.3 Å². The third-order valence-corrected chi connectivity index (χ3v) is 3.91. The van der Waals surface area contributed by atoms with E-state index in [1.54, 1.807) is 28.9 Å². The van der Waals surface area contributed by atoms with Gasteiger partial charge in [0, 0.05) is 31.4 Å². The SMILES string of the molecule is Cn1cc(-c2cc(CN3CCCC(C(F)(F)F)C3)on2)cn1. The van der Waals surface area contributed by atoms with Crippen LogP contribution in [0.2, 0.25) is 0 Å². The van der Waals surface area contributed by atoms with Crippen molar-refractivity contribution < 1.29 is 17.7 Å². The number of nitrogens with zero attached hydrogens (tertiary/aromatic N) is 4. The lowest BCUT2D eigenvalue weighted by Crippen LogP contribution is -2.41. The van der Waals surface area contributed by atoms with Crippen LogP contribution in [-0.2, 0) is 13.6 Å². The van der Waals surface area contributed by atoms with E-state index in [0.717, 1.165) is 5.56 Å². The summed E-state index contributed by atoms with van der Waals surface area (Å²) in [5.74, 6) is -0.677. The van der Waals surface area contributed by atoms with E-state index in [4.69, 9.17) is 4.52 Å². The number of hydrogen-bond acceptors (Lipinski definition) is 4. The molecule has 120 valence electrons. The summed E-state index contributed by atoms with van der Waals surface area (Å²) in [6.07, 6.45) is 0.108. The number of piperidine rings is 1. The Bertz CT molecular complexity index is 634. The highest BCUT2D eigenvalue weighted by Crippen LogP contribution is 2.33.